The Labute approximate surface area is 99.7 Å². The molecule has 0 atom stereocenters. The van der Waals surface area contributed by atoms with Crippen LogP contribution in [0.5, 0.6) is 0 Å². The molecule has 0 saturated carbocycles. The van der Waals surface area contributed by atoms with Crippen molar-refractivity contribution in [2.75, 3.05) is 13.1 Å². The Kier molecular flexibility index (Phi) is 3.80. The molecule has 1 N–H and O–H groups in total. The van der Waals surface area contributed by atoms with E-state index in [-0.39, 0.29) is 12.6 Å². The fourth-order valence-corrected chi connectivity index (χ4v) is 1.75. The van der Waals surface area contributed by atoms with Crippen LogP contribution in [-0.2, 0) is 16.1 Å². The Bertz CT molecular complexity index is 377. The van der Waals surface area contributed by atoms with Gasteiger partial charge in [-0.3, -0.25) is 4.79 Å². The van der Waals surface area contributed by atoms with Gasteiger partial charge in [0, 0.05) is 10.6 Å². The Balaban J connectivity index is 1.78. The van der Waals surface area contributed by atoms with E-state index in [2.05, 4.69) is 5.32 Å². The molecule has 4 heteroatoms. The summed E-state index contributed by atoms with van der Waals surface area (Å²) < 4.78 is 5.16. The Morgan fingerprint density at radius 2 is 2.19 bits per heavy atom. The second-order valence-corrected chi connectivity index (χ2v) is 4.39. The van der Waals surface area contributed by atoms with Crippen molar-refractivity contribution in [2.24, 2.45) is 5.92 Å². The average Bonchev–Trinajstić information content (AvgIpc) is 2.22. The molecule has 1 aromatic rings. The van der Waals surface area contributed by atoms with Gasteiger partial charge in [-0.2, -0.15) is 0 Å². The lowest BCUT2D eigenvalue weighted by Gasteiger charge is -2.25. The largest absolute Gasteiger partial charge is 0.461 e. The first-order valence-corrected chi connectivity index (χ1v) is 5.73. The smallest absolute Gasteiger partial charge is 0.306 e. The highest BCUT2D eigenvalue weighted by Gasteiger charge is 2.20. The van der Waals surface area contributed by atoms with Crippen LogP contribution in [0.1, 0.15) is 12.0 Å². The summed E-state index contributed by atoms with van der Waals surface area (Å²) >= 11 is 5.95. The second-order valence-electron chi connectivity index (χ2n) is 3.98. The van der Waals surface area contributed by atoms with Gasteiger partial charge in [0.25, 0.3) is 0 Å². The molecule has 86 valence electrons. The normalized spacial score (nSPS) is 15.6. The highest BCUT2D eigenvalue weighted by molar-refractivity contribution is 6.31. The molecule has 1 aromatic carbocycles. The summed E-state index contributed by atoms with van der Waals surface area (Å²) in [5, 5.41) is 3.76. The van der Waals surface area contributed by atoms with Crippen molar-refractivity contribution in [1.29, 1.82) is 0 Å². The first-order valence-electron chi connectivity index (χ1n) is 5.35. The van der Waals surface area contributed by atoms with E-state index in [1.807, 2.05) is 18.2 Å². The minimum absolute atomic E-state index is 0.147. The van der Waals surface area contributed by atoms with Gasteiger partial charge in [0.05, 0.1) is 6.42 Å². The zero-order valence-corrected chi connectivity index (χ0v) is 9.67. The summed E-state index contributed by atoms with van der Waals surface area (Å²) in [7, 11) is 0. The molecule has 3 nitrogen and oxygen atoms in total. The molecule has 0 aliphatic carbocycles. The van der Waals surface area contributed by atoms with Crippen LogP contribution < -0.4 is 5.32 Å². The van der Waals surface area contributed by atoms with Gasteiger partial charge in [-0.1, -0.05) is 29.8 Å². The van der Waals surface area contributed by atoms with Crippen LogP contribution in [0.3, 0.4) is 0 Å². The van der Waals surface area contributed by atoms with Crippen LogP contribution in [0, 0.1) is 5.92 Å². The van der Waals surface area contributed by atoms with Crippen LogP contribution in [0.15, 0.2) is 24.3 Å². The number of esters is 1. The van der Waals surface area contributed by atoms with Crippen molar-refractivity contribution in [2.45, 2.75) is 13.0 Å². The average molecular weight is 240 g/mol. The third-order valence-corrected chi connectivity index (χ3v) is 3.04. The van der Waals surface area contributed by atoms with Gasteiger partial charge >= 0.3 is 5.97 Å². The molecular weight excluding hydrogens is 226 g/mol. The summed E-state index contributed by atoms with van der Waals surface area (Å²) in [6, 6.07) is 7.39. The third-order valence-electron chi connectivity index (χ3n) is 2.67. The van der Waals surface area contributed by atoms with Crippen LogP contribution in [0.4, 0.5) is 0 Å². The summed E-state index contributed by atoms with van der Waals surface area (Å²) in [5.41, 5.74) is 0.851. The highest BCUT2D eigenvalue weighted by atomic mass is 35.5. The predicted octanol–water partition coefficient (Wildman–Crippen LogP) is 1.99. The highest BCUT2D eigenvalue weighted by Crippen LogP contribution is 2.16. The van der Waals surface area contributed by atoms with Crippen molar-refractivity contribution >= 4 is 17.6 Å². The molecule has 0 spiro atoms. The first-order chi connectivity index (χ1) is 7.75. The Hall–Kier alpha value is -1.06. The summed E-state index contributed by atoms with van der Waals surface area (Å²) in [5.74, 6) is 0.296. The Morgan fingerprint density at radius 3 is 2.81 bits per heavy atom. The maximum Gasteiger partial charge on any atom is 0.306 e. The zero-order valence-electron chi connectivity index (χ0n) is 8.91. The molecular formula is C12H14ClNO2. The number of ether oxygens (including phenoxy) is 1. The number of benzene rings is 1. The van der Waals surface area contributed by atoms with Crippen molar-refractivity contribution < 1.29 is 9.53 Å². The standard InChI is InChI=1S/C12H14ClNO2/c13-11-4-2-1-3-10(11)8-16-12(15)5-9-6-14-7-9/h1-4,9,14H,5-8H2. The van der Waals surface area contributed by atoms with Gasteiger partial charge in [0.1, 0.15) is 6.61 Å². The maximum atomic E-state index is 11.4. The molecule has 1 fully saturated rings. The van der Waals surface area contributed by atoms with E-state index < -0.39 is 0 Å². The molecule has 2 rings (SSSR count). The molecule has 0 amide bonds. The number of carbonyl (C=O) groups is 1. The lowest BCUT2D eigenvalue weighted by Crippen LogP contribution is -2.43. The number of carbonyl (C=O) groups excluding carboxylic acids is 1. The van der Waals surface area contributed by atoms with Gasteiger partial charge < -0.3 is 10.1 Å². The van der Waals surface area contributed by atoms with E-state index in [9.17, 15) is 4.79 Å². The molecule has 1 aliphatic heterocycles. The lowest BCUT2D eigenvalue weighted by atomic mass is 10.00. The van der Waals surface area contributed by atoms with E-state index in [0.29, 0.717) is 17.4 Å². The number of hydrogen-bond donors (Lipinski definition) is 1. The van der Waals surface area contributed by atoms with E-state index >= 15 is 0 Å². The summed E-state index contributed by atoms with van der Waals surface area (Å²) in [6.45, 7) is 2.10. The zero-order chi connectivity index (χ0) is 11.4. The monoisotopic (exact) mass is 239 g/mol. The van der Waals surface area contributed by atoms with E-state index in [0.717, 1.165) is 18.7 Å². The SMILES string of the molecule is O=C(CC1CNC1)OCc1ccccc1Cl. The van der Waals surface area contributed by atoms with Gasteiger partial charge in [-0.05, 0) is 25.1 Å². The topological polar surface area (TPSA) is 38.3 Å². The predicted molar refractivity (Wildman–Crippen MR) is 62.2 cm³/mol. The minimum atomic E-state index is -0.147. The fraction of sp³-hybridized carbons (Fsp3) is 0.417. The van der Waals surface area contributed by atoms with Crippen LogP contribution in [-0.4, -0.2) is 19.1 Å². The number of rotatable bonds is 4. The van der Waals surface area contributed by atoms with Crippen molar-refractivity contribution in [3.8, 4) is 0 Å². The van der Waals surface area contributed by atoms with Crippen molar-refractivity contribution in [1.82, 2.24) is 5.32 Å². The number of halogens is 1. The molecule has 16 heavy (non-hydrogen) atoms. The van der Waals surface area contributed by atoms with Gasteiger partial charge in [-0.25, -0.2) is 0 Å². The molecule has 0 radical (unpaired) electrons. The number of hydrogen-bond acceptors (Lipinski definition) is 3. The van der Waals surface area contributed by atoms with Crippen LogP contribution in [0.2, 0.25) is 5.02 Å². The quantitative estimate of drug-likeness (QED) is 0.817. The minimum Gasteiger partial charge on any atom is -0.461 e. The van der Waals surface area contributed by atoms with E-state index in [1.165, 1.54) is 0 Å². The molecule has 0 bridgehead atoms. The van der Waals surface area contributed by atoms with E-state index in [1.54, 1.807) is 6.07 Å². The maximum absolute atomic E-state index is 11.4. The summed E-state index contributed by atoms with van der Waals surface area (Å²) in [6.07, 6.45) is 0.497. The van der Waals surface area contributed by atoms with E-state index in [4.69, 9.17) is 16.3 Å². The molecule has 0 aromatic heterocycles. The summed E-state index contributed by atoms with van der Waals surface area (Å²) in [4.78, 5) is 11.4. The lowest BCUT2D eigenvalue weighted by molar-refractivity contribution is -0.146. The molecule has 1 heterocycles. The molecule has 1 saturated heterocycles. The third kappa shape index (κ3) is 2.97. The van der Waals surface area contributed by atoms with Gasteiger partial charge in [0.15, 0.2) is 0 Å². The van der Waals surface area contributed by atoms with Crippen LogP contribution >= 0.6 is 11.6 Å². The Morgan fingerprint density at radius 1 is 1.44 bits per heavy atom. The van der Waals surface area contributed by atoms with Crippen LogP contribution in [0.25, 0.3) is 0 Å². The first kappa shape index (κ1) is 11.4. The second kappa shape index (κ2) is 5.32. The van der Waals surface area contributed by atoms with Crippen molar-refractivity contribution in [3.63, 3.8) is 0 Å². The van der Waals surface area contributed by atoms with Gasteiger partial charge in [0.2, 0.25) is 0 Å². The number of nitrogens with one attached hydrogen (secondary N) is 1. The molecule has 1 aliphatic rings. The molecule has 0 unspecified atom stereocenters. The van der Waals surface area contributed by atoms with Crippen molar-refractivity contribution in [3.05, 3.63) is 34.9 Å². The van der Waals surface area contributed by atoms with Gasteiger partial charge in [-0.15, -0.1) is 0 Å². The fourth-order valence-electron chi connectivity index (χ4n) is 1.56.